The molecule has 0 heterocycles. The van der Waals surface area contributed by atoms with E-state index in [1.54, 1.807) is 18.2 Å². The van der Waals surface area contributed by atoms with E-state index in [1.165, 1.54) is 12.1 Å². The molecule has 0 aromatic heterocycles. The summed E-state index contributed by atoms with van der Waals surface area (Å²) in [5, 5.41) is 0. The molecule has 1 aromatic carbocycles. The van der Waals surface area contributed by atoms with Gasteiger partial charge in [0.25, 0.3) is 18.6 Å². The van der Waals surface area contributed by atoms with Gasteiger partial charge in [-0.1, -0.05) is 18.2 Å². The summed E-state index contributed by atoms with van der Waals surface area (Å²) >= 11 is 0. The van der Waals surface area contributed by atoms with Crippen LogP contribution < -0.4 is 5.84 Å². The van der Waals surface area contributed by atoms with E-state index in [0.717, 1.165) is 0 Å². The fourth-order valence-electron chi connectivity index (χ4n) is 0.744. The highest BCUT2D eigenvalue weighted by Crippen LogP contribution is 2.16. The van der Waals surface area contributed by atoms with Gasteiger partial charge in [-0.25, -0.2) is 14.3 Å². The van der Waals surface area contributed by atoms with Crippen molar-refractivity contribution in [1.29, 1.82) is 0 Å². The lowest BCUT2D eigenvalue weighted by atomic mass is 10.4. The van der Waals surface area contributed by atoms with Gasteiger partial charge in [-0.05, 0) is 16.3 Å². The highest BCUT2D eigenvalue weighted by atomic mass is 32.2. The molecular formula is C6H7N2O3PS. The van der Waals surface area contributed by atoms with Crippen molar-refractivity contribution in [1.82, 2.24) is 4.18 Å². The molecule has 2 N–H and O–H groups in total. The molecule has 5 nitrogen and oxygen atoms in total. The maximum Gasteiger partial charge on any atom is 0.279 e. The standard InChI is InChI=1S/C6H7N2O3PS/c7-8(12-9)13(10,11)6-4-2-1-3-5-6/h1-5H,7H2. The number of benzene rings is 1. The lowest BCUT2D eigenvalue weighted by Crippen LogP contribution is -2.28. The first-order valence-electron chi connectivity index (χ1n) is 3.27. The summed E-state index contributed by atoms with van der Waals surface area (Å²) in [7, 11) is -4.56. The first-order valence-corrected chi connectivity index (χ1v) is 5.48. The second-order valence-corrected chi connectivity index (χ2v) is 4.85. The monoisotopic (exact) mass is 218 g/mol. The highest BCUT2D eigenvalue weighted by molar-refractivity contribution is 7.92. The SMILES string of the molecule is NN(P=O)S(=O)(=O)c1ccccc1. The zero-order valence-corrected chi connectivity index (χ0v) is 8.20. The fourth-order valence-corrected chi connectivity index (χ4v) is 2.10. The van der Waals surface area contributed by atoms with Crippen LogP contribution in [0.15, 0.2) is 35.2 Å². The van der Waals surface area contributed by atoms with E-state index in [2.05, 4.69) is 0 Å². The van der Waals surface area contributed by atoms with Gasteiger partial charge >= 0.3 is 0 Å². The maximum atomic E-state index is 11.4. The molecule has 0 spiro atoms. The first kappa shape index (κ1) is 10.3. The molecule has 1 rings (SSSR count). The predicted octanol–water partition coefficient (Wildman–Crippen LogP) is 0.758. The zero-order chi connectivity index (χ0) is 9.90. The van der Waals surface area contributed by atoms with Gasteiger partial charge < -0.3 is 0 Å². The van der Waals surface area contributed by atoms with Crippen LogP contribution in [-0.2, 0) is 14.6 Å². The van der Waals surface area contributed by atoms with E-state index in [4.69, 9.17) is 5.84 Å². The summed E-state index contributed by atoms with van der Waals surface area (Å²) in [4.78, 5) is 0.0147. The number of hydrogen-bond donors (Lipinski definition) is 1. The number of hydrogen-bond acceptors (Lipinski definition) is 4. The summed E-state index contributed by atoms with van der Waals surface area (Å²) in [6.07, 6.45) is 0. The van der Waals surface area contributed by atoms with Gasteiger partial charge in [0, 0.05) is 0 Å². The lowest BCUT2D eigenvalue weighted by Gasteiger charge is -2.07. The van der Waals surface area contributed by atoms with Crippen molar-refractivity contribution in [2.45, 2.75) is 4.90 Å². The Hall–Kier alpha value is -0.810. The fraction of sp³-hybridized carbons (Fsp3) is 0. The van der Waals surface area contributed by atoms with Crippen molar-refractivity contribution in [2.75, 3.05) is 0 Å². The topological polar surface area (TPSA) is 80.5 Å². The molecule has 7 heteroatoms. The summed E-state index contributed by atoms with van der Waals surface area (Å²) in [6, 6.07) is 7.54. The van der Waals surface area contributed by atoms with Crippen LogP contribution in [0.4, 0.5) is 0 Å². The summed E-state index contributed by atoms with van der Waals surface area (Å²) in [5.41, 5.74) is 0. The molecule has 0 unspecified atom stereocenters. The quantitative estimate of drug-likeness (QED) is 0.461. The first-order chi connectivity index (χ1) is 6.09. The van der Waals surface area contributed by atoms with Crippen LogP contribution >= 0.6 is 8.61 Å². The van der Waals surface area contributed by atoms with Gasteiger partial charge in [0.15, 0.2) is 0 Å². The van der Waals surface area contributed by atoms with E-state index < -0.39 is 18.6 Å². The van der Waals surface area contributed by atoms with E-state index >= 15 is 0 Å². The third-order valence-corrected chi connectivity index (χ3v) is 3.73. The number of nitrogens with two attached hydrogens (primary N) is 1. The lowest BCUT2D eigenvalue weighted by molar-refractivity contribution is 0.526. The minimum absolute atomic E-state index is 0.0147. The molecule has 0 aliphatic rings. The highest BCUT2D eigenvalue weighted by Gasteiger charge is 2.20. The molecule has 0 radical (unpaired) electrons. The molecule has 0 amide bonds. The molecule has 0 saturated heterocycles. The molecule has 1 aromatic rings. The van der Waals surface area contributed by atoms with Crippen molar-refractivity contribution < 1.29 is 13.0 Å². The van der Waals surface area contributed by atoms with Gasteiger partial charge in [-0.2, -0.15) is 0 Å². The summed E-state index contributed by atoms with van der Waals surface area (Å²) in [6.45, 7) is 0. The Labute approximate surface area is 77.4 Å². The smallest absolute Gasteiger partial charge is 0.253 e. The average Bonchev–Trinajstić information content (AvgIpc) is 2.18. The Kier molecular flexibility index (Phi) is 3.11. The van der Waals surface area contributed by atoms with Crippen LogP contribution in [0.1, 0.15) is 0 Å². The molecular weight excluding hydrogens is 211 g/mol. The molecule has 13 heavy (non-hydrogen) atoms. The van der Waals surface area contributed by atoms with Crippen LogP contribution in [0.5, 0.6) is 0 Å². The van der Waals surface area contributed by atoms with Crippen LogP contribution in [0, 0.1) is 0 Å². The van der Waals surface area contributed by atoms with Crippen molar-refractivity contribution >= 4 is 18.6 Å². The van der Waals surface area contributed by atoms with Crippen molar-refractivity contribution in [2.24, 2.45) is 5.84 Å². The molecule has 70 valence electrons. The van der Waals surface area contributed by atoms with Crippen LogP contribution in [0.2, 0.25) is 0 Å². The van der Waals surface area contributed by atoms with E-state index in [1.807, 2.05) is 0 Å². The third-order valence-electron chi connectivity index (χ3n) is 1.37. The number of nitrogens with zero attached hydrogens (tertiary/aromatic N) is 1. The largest absolute Gasteiger partial charge is 0.279 e. The van der Waals surface area contributed by atoms with Gasteiger partial charge in [-0.15, -0.1) is 0 Å². The number of sulfonamides is 1. The summed E-state index contributed by atoms with van der Waals surface area (Å²) < 4.78 is 33.2. The van der Waals surface area contributed by atoms with Gasteiger partial charge in [0.1, 0.15) is 0 Å². The molecule has 0 atom stereocenters. The Morgan fingerprint density at radius 2 is 1.77 bits per heavy atom. The Bertz CT molecular complexity index is 392. The minimum atomic E-state index is -3.80. The van der Waals surface area contributed by atoms with Crippen LogP contribution in [-0.4, -0.2) is 12.6 Å². The van der Waals surface area contributed by atoms with Gasteiger partial charge in [0.05, 0.1) is 4.90 Å². The Morgan fingerprint density at radius 1 is 1.23 bits per heavy atom. The molecule has 0 bridgehead atoms. The Balaban J connectivity index is 3.16. The van der Waals surface area contributed by atoms with E-state index in [9.17, 15) is 13.0 Å². The van der Waals surface area contributed by atoms with Crippen LogP contribution in [0.3, 0.4) is 0 Å². The second-order valence-electron chi connectivity index (χ2n) is 2.17. The van der Waals surface area contributed by atoms with Gasteiger partial charge in [0.2, 0.25) is 0 Å². The summed E-state index contributed by atoms with van der Waals surface area (Å²) in [5.74, 6) is 5.00. The van der Waals surface area contributed by atoms with Crippen molar-refractivity contribution in [3.05, 3.63) is 30.3 Å². The number of hydrazine groups is 1. The van der Waals surface area contributed by atoms with Crippen molar-refractivity contribution in [3.8, 4) is 0 Å². The average molecular weight is 218 g/mol. The number of rotatable bonds is 3. The van der Waals surface area contributed by atoms with Crippen molar-refractivity contribution in [3.63, 3.8) is 0 Å². The molecule has 0 fully saturated rings. The van der Waals surface area contributed by atoms with Gasteiger partial charge in [-0.3, -0.25) is 4.57 Å². The minimum Gasteiger partial charge on any atom is -0.253 e. The third kappa shape index (κ3) is 2.10. The molecule has 0 saturated carbocycles. The maximum absolute atomic E-state index is 11.4. The normalized spacial score (nSPS) is 12.2. The van der Waals surface area contributed by atoms with E-state index in [-0.39, 0.29) is 9.08 Å². The van der Waals surface area contributed by atoms with E-state index in [0.29, 0.717) is 0 Å². The Morgan fingerprint density at radius 3 is 2.23 bits per heavy atom. The zero-order valence-electron chi connectivity index (χ0n) is 6.49. The second kappa shape index (κ2) is 3.93. The molecule has 0 aliphatic heterocycles. The molecule has 0 aliphatic carbocycles. The van der Waals surface area contributed by atoms with Crippen LogP contribution in [0.25, 0.3) is 0 Å². The predicted molar refractivity (Wildman–Crippen MR) is 47.3 cm³/mol.